The van der Waals surface area contributed by atoms with Crippen molar-refractivity contribution in [3.05, 3.63) is 203 Å². The predicted molar refractivity (Wildman–Crippen MR) is 256 cm³/mol. The van der Waals surface area contributed by atoms with Crippen LogP contribution in [0.1, 0.15) is 142 Å². The van der Waals surface area contributed by atoms with Crippen LogP contribution in [0.5, 0.6) is 0 Å². The molecule has 6 aromatic rings. The van der Waals surface area contributed by atoms with E-state index in [1.165, 1.54) is 166 Å². The molecule has 0 aliphatic carbocycles. The Bertz CT molecular complexity index is 1860. The summed E-state index contributed by atoms with van der Waals surface area (Å²) in [5.74, 6) is 0. The number of hydrogen-bond donors (Lipinski definition) is 0. The molecular formula is C57H69P. The van der Waals surface area contributed by atoms with E-state index in [0.717, 1.165) is 12.8 Å². The Kier molecular flexibility index (Phi) is 18.4. The van der Waals surface area contributed by atoms with E-state index in [1.54, 1.807) is 0 Å². The molecule has 0 aliphatic heterocycles. The fraction of sp³-hybridized carbons (Fsp3) is 0.368. The van der Waals surface area contributed by atoms with E-state index in [-0.39, 0.29) is 5.16 Å². The molecule has 6 aromatic carbocycles. The van der Waals surface area contributed by atoms with E-state index in [2.05, 4.69) is 173 Å². The summed E-state index contributed by atoms with van der Waals surface area (Å²) in [7, 11) is 3.33. The zero-order valence-electron chi connectivity index (χ0n) is 35.3. The second kappa shape index (κ2) is 24.6. The average Bonchev–Trinajstić information content (AvgIpc) is 3.29. The second-order valence-corrected chi connectivity index (χ2v) is 17.6. The van der Waals surface area contributed by atoms with Crippen LogP contribution in [0.3, 0.4) is 0 Å². The van der Waals surface area contributed by atoms with E-state index in [9.17, 15) is 0 Å². The Labute approximate surface area is 355 Å². The molecule has 302 valence electrons. The molecule has 0 aliphatic rings. The maximum Gasteiger partial charge on any atom is 0.0597 e. The Hall–Kier alpha value is -4.25. The number of aryl methyl sites for hydroxylation is 4. The average molecular weight is 785 g/mol. The normalized spacial score (nSPS) is 11.5. The van der Waals surface area contributed by atoms with Gasteiger partial charge in [-0.1, -0.05) is 241 Å². The van der Waals surface area contributed by atoms with Crippen molar-refractivity contribution in [1.82, 2.24) is 0 Å². The third kappa shape index (κ3) is 13.7. The molecule has 1 heteroatoms. The maximum atomic E-state index is 3.33. The summed E-state index contributed by atoms with van der Waals surface area (Å²) in [5.41, 5.74) is 12.4. The summed E-state index contributed by atoms with van der Waals surface area (Å²) >= 11 is 0. The minimum Gasteiger partial charge on any atom is -0.117 e. The van der Waals surface area contributed by atoms with Crippen LogP contribution in [0, 0.1) is 0 Å². The van der Waals surface area contributed by atoms with Gasteiger partial charge in [0.2, 0.25) is 0 Å². The fourth-order valence-electron chi connectivity index (χ4n) is 8.77. The quantitative estimate of drug-likeness (QED) is 0.0292. The highest BCUT2D eigenvalue weighted by Crippen LogP contribution is 2.48. The number of hydrogen-bond acceptors (Lipinski definition) is 0. The molecule has 0 saturated carbocycles. The Morgan fingerprint density at radius 2 is 0.569 bits per heavy atom. The summed E-state index contributed by atoms with van der Waals surface area (Å²) in [4.78, 5) is 0. The van der Waals surface area contributed by atoms with Gasteiger partial charge >= 0.3 is 0 Å². The molecule has 1 unspecified atom stereocenters. The Morgan fingerprint density at radius 3 is 0.948 bits per heavy atom. The van der Waals surface area contributed by atoms with Gasteiger partial charge in [0.05, 0.1) is 5.16 Å². The van der Waals surface area contributed by atoms with Crippen molar-refractivity contribution in [3.63, 3.8) is 0 Å². The van der Waals surface area contributed by atoms with Crippen molar-refractivity contribution in [1.29, 1.82) is 0 Å². The van der Waals surface area contributed by atoms with Gasteiger partial charge in [-0.15, -0.1) is 9.24 Å². The Balaban J connectivity index is 0.991. The van der Waals surface area contributed by atoms with Crippen LogP contribution in [-0.4, -0.2) is 0 Å². The smallest absolute Gasteiger partial charge is 0.0597 e. The lowest BCUT2D eigenvalue weighted by molar-refractivity contribution is 0.567. The molecule has 6 rings (SSSR count). The van der Waals surface area contributed by atoms with Crippen LogP contribution in [-0.2, 0) is 30.8 Å². The van der Waals surface area contributed by atoms with Gasteiger partial charge < -0.3 is 0 Å². The molecule has 0 nitrogen and oxygen atoms in total. The molecular weight excluding hydrogens is 716 g/mol. The largest absolute Gasteiger partial charge is 0.117 e. The van der Waals surface area contributed by atoms with Gasteiger partial charge in [-0.25, -0.2) is 0 Å². The van der Waals surface area contributed by atoms with Gasteiger partial charge in [0, 0.05) is 0 Å². The molecule has 0 fully saturated rings. The summed E-state index contributed by atoms with van der Waals surface area (Å²) < 4.78 is 0. The first-order valence-electron chi connectivity index (χ1n) is 22.9. The van der Waals surface area contributed by atoms with E-state index < -0.39 is 0 Å². The molecule has 0 saturated heterocycles. The predicted octanol–water partition coefficient (Wildman–Crippen LogP) is 16.3. The molecule has 58 heavy (non-hydrogen) atoms. The van der Waals surface area contributed by atoms with Crippen molar-refractivity contribution in [3.8, 4) is 11.1 Å². The molecule has 0 aromatic heterocycles. The minimum atomic E-state index is -0.369. The first kappa shape index (κ1) is 43.3. The van der Waals surface area contributed by atoms with Gasteiger partial charge in [0.15, 0.2) is 0 Å². The molecule has 0 N–H and O–H groups in total. The van der Waals surface area contributed by atoms with Crippen LogP contribution >= 0.6 is 9.24 Å². The van der Waals surface area contributed by atoms with Crippen LogP contribution in [0.2, 0.25) is 0 Å². The van der Waals surface area contributed by atoms with Crippen LogP contribution in [0.25, 0.3) is 11.1 Å². The lowest BCUT2D eigenvalue weighted by atomic mass is 9.79. The molecule has 0 bridgehead atoms. The van der Waals surface area contributed by atoms with Gasteiger partial charge in [0.1, 0.15) is 0 Å². The molecule has 0 radical (unpaired) electrons. The van der Waals surface area contributed by atoms with Crippen LogP contribution < -0.4 is 0 Å². The van der Waals surface area contributed by atoms with E-state index in [1.807, 2.05) is 0 Å². The fourth-order valence-corrected chi connectivity index (χ4v) is 9.41. The van der Waals surface area contributed by atoms with Crippen molar-refractivity contribution in [2.45, 2.75) is 134 Å². The number of benzene rings is 6. The highest BCUT2D eigenvalue weighted by molar-refractivity contribution is 7.19. The number of rotatable bonds is 26. The van der Waals surface area contributed by atoms with Gasteiger partial charge in [-0.05, 0) is 101 Å². The van der Waals surface area contributed by atoms with Gasteiger partial charge in [-0.2, -0.15) is 0 Å². The van der Waals surface area contributed by atoms with Crippen molar-refractivity contribution >= 4 is 9.24 Å². The monoisotopic (exact) mass is 785 g/mol. The lowest BCUT2D eigenvalue weighted by Crippen LogP contribution is -2.22. The van der Waals surface area contributed by atoms with Crippen molar-refractivity contribution in [2.24, 2.45) is 0 Å². The van der Waals surface area contributed by atoms with Crippen LogP contribution in [0.4, 0.5) is 0 Å². The third-order valence-corrected chi connectivity index (χ3v) is 13.3. The topological polar surface area (TPSA) is 0 Å². The SMILES string of the molecule is PC(c1ccc(CCCCCCCCCCc2ccccc2)cc1)(c1ccc(CCCCCCCCCCc2ccccc2)cc1)c1ccccc1-c1ccccc1. The van der Waals surface area contributed by atoms with Crippen molar-refractivity contribution < 1.29 is 0 Å². The molecule has 1 atom stereocenters. The first-order chi connectivity index (χ1) is 28.7. The second-order valence-electron chi connectivity index (χ2n) is 16.7. The van der Waals surface area contributed by atoms with E-state index >= 15 is 0 Å². The lowest BCUT2D eigenvalue weighted by Gasteiger charge is -2.34. The summed E-state index contributed by atoms with van der Waals surface area (Å²) in [6, 6.07) is 61.0. The van der Waals surface area contributed by atoms with Crippen molar-refractivity contribution in [2.75, 3.05) is 0 Å². The molecule has 0 amide bonds. The number of unbranched alkanes of at least 4 members (excludes halogenated alkanes) is 14. The summed E-state index contributed by atoms with van der Waals surface area (Å²) in [5, 5.41) is -0.369. The zero-order valence-corrected chi connectivity index (χ0v) is 36.5. The first-order valence-corrected chi connectivity index (χ1v) is 23.5. The Morgan fingerprint density at radius 1 is 0.276 bits per heavy atom. The van der Waals surface area contributed by atoms with Gasteiger partial charge in [0.25, 0.3) is 0 Å². The molecule has 0 spiro atoms. The zero-order chi connectivity index (χ0) is 39.9. The van der Waals surface area contributed by atoms with E-state index in [4.69, 9.17) is 0 Å². The van der Waals surface area contributed by atoms with Crippen LogP contribution in [0.15, 0.2) is 164 Å². The highest BCUT2D eigenvalue weighted by atomic mass is 31.0. The van der Waals surface area contributed by atoms with Gasteiger partial charge in [-0.3, -0.25) is 0 Å². The molecule has 0 heterocycles. The highest BCUT2D eigenvalue weighted by Gasteiger charge is 2.33. The minimum absolute atomic E-state index is 0.369. The third-order valence-electron chi connectivity index (χ3n) is 12.3. The summed E-state index contributed by atoms with van der Waals surface area (Å²) in [6.45, 7) is 0. The summed E-state index contributed by atoms with van der Waals surface area (Å²) in [6.07, 6.45) is 26.3. The van der Waals surface area contributed by atoms with E-state index in [0.29, 0.717) is 0 Å². The maximum absolute atomic E-state index is 3.33. The standard InChI is InChI=1S/C57H69P/c58-57(56-39-27-26-38-55(56)52-36-24-15-25-37-52,53-44-40-50(41-45-53)34-18-11-7-3-1-5-9-16-28-48-30-20-13-21-31-48)54-46-42-51(43-47-54)35-19-12-8-4-2-6-10-17-29-49-32-22-14-23-33-49/h13-15,20-27,30-33,36-47H,1-12,16-19,28-29,34-35,58H2.